The molecule has 114 valence electrons. The third kappa shape index (κ3) is 2.52. The highest BCUT2D eigenvalue weighted by atomic mass is 16.1. The summed E-state index contributed by atoms with van der Waals surface area (Å²) in [6.45, 7) is 0. The van der Waals surface area contributed by atoms with E-state index in [1.807, 2.05) is 48.5 Å². The van der Waals surface area contributed by atoms with E-state index >= 15 is 0 Å². The molecule has 0 aliphatic heterocycles. The molecule has 4 rings (SSSR count). The largest absolute Gasteiger partial charge is 0.399 e. The Hall–Kier alpha value is -2.88. The molecule has 3 N–H and O–H groups in total. The zero-order chi connectivity index (χ0) is 15.9. The van der Waals surface area contributed by atoms with Crippen LogP contribution in [0, 0.1) is 0 Å². The maximum atomic E-state index is 12.6. The summed E-state index contributed by atoms with van der Waals surface area (Å²) in [5, 5.41) is 5.22. The molecule has 1 saturated carbocycles. The zero-order valence-corrected chi connectivity index (χ0v) is 12.6. The van der Waals surface area contributed by atoms with Gasteiger partial charge in [-0.3, -0.25) is 9.78 Å². The van der Waals surface area contributed by atoms with Crippen LogP contribution in [0.3, 0.4) is 0 Å². The molecule has 0 atom stereocenters. The van der Waals surface area contributed by atoms with Crippen molar-refractivity contribution in [1.82, 2.24) is 10.3 Å². The second-order valence-corrected chi connectivity index (χ2v) is 6.10. The minimum absolute atomic E-state index is 0.0596. The van der Waals surface area contributed by atoms with Gasteiger partial charge in [-0.25, -0.2) is 0 Å². The van der Waals surface area contributed by atoms with Gasteiger partial charge in [0.05, 0.1) is 5.54 Å². The maximum absolute atomic E-state index is 12.6. The Labute approximate surface area is 134 Å². The summed E-state index contributed by atoms with van der Waals surface area (Å²) in [5.74, 6) is -0.0596. The minimum Gasteiger partial charge on any atom is -0.399 e. The fraction of sp³-hybridized carbons (Fsp3) is 0.158. The van der Waals surface area contributed by atoms with E-state index in [2.05, 4.69) is 10.3 Å². The SMILES string of the molecule is Nc1cccc(C2(NC(=O)c3ccc4ccncc4c3)CC2)c1. The highest BCUT2D eigenvalue weighted by molar-refractivity contribution is 5.99. The molecule has 1 heterocycles. The van der Waals surface area contributed by atoms with Crippen LogP contribution in [0.1, 0.15) is 28.8 Å². The maximum Gasteiger partial charge on any atom is 0.251 e. The lowest BCUT2D eigenvalue weighted by Gasteiger charge is -2.18. The first-order valence-corrected chi connectivity index (χ1v) is 7.69. The molecule has 3 aromatic rings. The molecule has 1 amide bonds. The number of nitrogens with one attached hydrogen (secondary N) is 1. The molecule has 1 fully saturated rings. The summed E-state index contributed by atoms with van der Waals surface area (Å²) in [6.07, 6.45) is 5.41. The van der Waals surface area contributed by atoms with Crippen LogP contribution < -0.4 is 11.1 Å². The van der Waals surface area contributed by atoms with Crippen molar-refractivity contribution in [2.45, 2.75) is 18.4 Å². The Bertz CT molecular complexity index is 900. The number of nitrogens with zero attached hydrogens (tertiary/aromatic N) is 1. The summed E-state index contributed by atoms with van der Waals surface area (Å²) in [4.78, 5) is 16.8. The number of fused-ring (bicyclic) bond motifs is 1. The second-order valence-electron chi connectivity index (χ2n) is 6.10. The van der Waals surface area contributed by atoms with Crippen molar-refractivity contribution in [3.63, 3.8) is 0 Å². The van der Waals surface area contributed by atoms with Crippen molar-refractivity contribution in [3.05, 3.63) is 72.1 Å². The number of anilines is 1. The first kappa shape index (κ1) is 13.8. The van der Waals surface area contributed by atoms with Gasteiger partial charge in [0.2, 0.25) is 0 Å². The van der Waals surface area contributed by atoms with Gasteiger partial charge in [-0.1, -0.05) is 18.2 Å². The van der Waals surface area contributed by atoms with Gasteiger partial charge in [0, 0.05) is 29.0 Å². The normalized spacial score (nSPS) is 15.3. The number of carbonyl (C=O) groups excluding carboxylic acids is 1. The van der Waals surface area contributed by atoms with Crippen molar-refractivity contribution in [1.29, 1.82) is 0 Å². The molecule has 4 nitrogen and oxygen atoms in total. The molecular formula is C19H17N3O. The molecule has 0 radical (unpaired) electrons. The molecule has 1 aromatic heterocycles. The Morgan fingerprint density at radius 1 is 1.09 bits per heavy atom. The number of carbonyl (C=O) groups is 1. The van der Waals surface area contributed by atoms with E-state index in [9.17, 15) is 4.79 Å². The van der Waals surface area contributed by atoms with E-state index < -0.39 is 0 Å². The highest BCUT2D eigenvalue weighted by Crippen LogP contribution is 2.46. The van der Waals surface area contributed by atoms with Gasteiger partial charge in [0.25, 0.3) is 5.91 Å². The number of pyridine rings is 1. The molecule has 0 saturated heterocycles. The van der Waals surface area contributed by atoms with E-state index in [0.717, 1.165) is 34.9 Å². The molecule has 23 heavy (non-hydrogen) atoms. The van der Waals surface area contributed by atoms with Crippen LogP contribution in [0.2, 0.25) is 0 Å². The van der Waals surface area contributed by atoms with Crippen molar-refractivity contribution in [2.24, 2.45) is 0 Å². The zero-order valence-electron chi connectivity index (χ0n) is 12.6. The van der Waals surface area contributed by atoms with E-state index in [1.54, 1.807) is 12.4 Å². The topological polar surface area (TPSA) is 68.0 Å². The number of amides is 1. The van der Waals surface area contributed by atoms with Crippen LogP contribution in [-0.4, -0.2) is 10.9 Å². The van der Waals surface area contributed by atoms with Crippen LogP contribution in [-0.2, 0) is 5.54 Å². The minimum atomic E-state index is -0.268. The quantitative estimate of drug-likeness (QED) is 0.730. The van der Waals surface area contributed by atoms with E-state index in [4.69, 9.17) is 5.73 Å². The fourth-order valence-electron chi connectivity index (χ4n) is 2.96. The summed E-state index contributed by atoms with van der Waals surface area (Å²) in [5.41, 5.74) is 8.05. The number of hydrogen-bond acceptors (Lipinski definition) is 3. The third-order valence-electron chi connectivity index (χ3n) is 4.44. The predicted octanol–water partition coefficient (Wildman–Crippen LogP) is 3.24. The van der Waals surface area contributed by atoms with Crippen molar-refractivity contribution in [3.8, 4) is 0 Å². The smallest absolute Gasteiger partial charge is 0.251 e. The van der Waals surface area contributed by atoms with Crippen LogP contribution >= 0.6 is 0 Å². The van der Waals surface area contributed by atoms with Gasteiger partial charge < -0.3 is 11.1 Å². The number of hydrogen-bond donors (Lipinski definition) is 2. The standard InChI is InChI=1S/C19H17N3O/c20-17-3-1-2-16(11-17)19(7-8-19)22-18(23)14-5-4-13-6-9-21-12-15(13)10-14/h1-6,9-12H,7-8,20H2,(H,22,23). The number of aromatic nitrogens is 1. The lowest BCUT2D eigenvalue weighted by atomic mass is 10.0. The van der Waals surface area contributed by atoms with Crippen LogP contribution in [0.4, 0.5) is 5.69 Å². The number of nitrogens with two attached hydrogens (primary N) is 1. The average molecular weight is 303 g/mol. The molecule has 1 aliphatic carbocycles. The molecule has 0 unspecified atom stereocenters. The molecular weight excluding hydrogens is 286 g/mol. The van der Waals surface area contributed by atoms with Crippen molar-refractivity contribution in [2.75, 3.05) is 5.73 Å². The first-order chi connectivity index (χ1) is 11.2. The molecule has 0 spiro atoms. The first-order valence-electron chi connectivity index (χ1n) is 7.69. The van der Waals surface area contributed by atoms with Gasteiger partial charge in [-0.15, -0.1) is 0 Å². The Balaban J connectivity index is 1.61. The molecule has 2 aromatic carbocycles. The second kappa shape index (κ2) is 5.09. The van der Waals surface area contributed by atoms with E-state index in [-0.39, 0.29) is 11.4 Å². The monoisotopic (exact) mass is 303 g/mol. The third-order valence-corrected chi connectivity index (χ3v) is 4.44. The number of rotatable bonds is 3. The molecule has 1 aliphatic rings. The highest BCUT2D eigenvalue weighted by Gasteiger charge is 2.45. The Morgan fingerprint density at radius 2 is 1.96 bits per heavy atom. The summed E-state index contributed by atoms with van der Waals surface area (Å²) < 4.78 is 0. The van der Waals surface area contributed by atoms with Gasteiger partial charge >= 0.3 is 0 Å². The summed E-state index contributed by atoms with van der Waals surface area (Å²) in [6, 6.07) is 15.4. The van der Waals surface area contributed by atoms with Crippen molar-refractivity contribution < 1.29 is 4.79 Å². The Kier molecular flexibility index (Phi) is 3.05. The predicted molar refractivity (Wildman–Crippen MR) is 91.0 cm³/mol. The summed E-state index contributed by atoms with van der Waals surface area (Å²) in [7, 11) is 0. The van der Waals surface area contributed by atoms with Crippen molar-refractivity contribution >= 4 is 22.4 Å². The van der Waals surface area contributed by atoms with Crippen LogP contribution in [0.15, 0.2) is 60.9 Å². The lowest BCUT2D eigenvalue weighted by Crippen LogP contribution is -2.34. The average Bonchev–Trinajstić information content (AvgIpc) is 3.35. The van der Waals surface area contributed by atoms with Gasteiger partial charge in [-0.2, -0.15) is 0 Å². The van der Waals surface area contributed by atoms with E-state index in [1.165, 1.54) is 0 Å². The van der Waals surface area contributed by atoms with E-state index in [0.29, 0.717) is 5.56 Å². The molecule has 4 heteroatoms. The fourth-order valence-corrected chi connectivity index (χ4v) is 2.96. The van der Waals surface area contributed by atoms with Crippen LogP contribution in [0.5, 0.6) is 0 Å². The number of benzene rings is 2. The van der Waals surface area contributed by atoms with Gasteiger partial charge in [0.1, 0.15) is 0 Å². The number of nitrogen functional groups attached to an aromatic ring is 1. The van der Waals surface area contributed by atoms with Crippen LogP contribution in [0.25, 0.3) is 10.8 Å². The van der Waals surface area contributed by atoms with Gasteiger partial charge in [-0.05, 0) is 54.1 Å². The summed E-state index contributed by atoms with van der Waals surface area (Å²) >= 11 is 0. The lowest BCUT2D eigenvalue weighted by molar-refractivity contribution is 0.0931. The van der Waals surface area contributed by atoms with Gasteiger partial charge in [0.15, 0.2) is 0 Å². The molecule has 0 bridgehead atoms. The Morgan fingerprint density at radius 3 is 2.74 bits per heavy atom.